The van der Waals surface area contributed by atoms with Crippen molar-refractivity contribution < 1.29 is 0 Å². The van der Waals surface area contributed by atoms with Gasteiger partial charge in [-0.05, 0) is 5.92 Å². The summed E-state index contributed by atoms with van der Waals surface area (Å²) in [6.45, 7) is 5.01. The summed E-state index contributed by atoms with van der Waals surface area (Å²) in [5.74, 6) is 2.23. The number of hydrogen-bond acceptors (Lipinski definition) is 5. The minimum atomic E-state index is 0.410. The van der Waals surface area contributed by atoms with Gasteiger partial charge in [-0.3, -0.25) is 0 Å². The standard InChI is InChI=1S/C12H18N6/c1-9(2)10-6-11(15-7-14-10)13-5-4-12-17-16-8-18(12)3/h6-9H,4-5H2,1-3H3,(H,13,14,15). The lowest BCUT2D eigenvalue weighted by atomic mass is 10.1. The zero-order valence-electron chi connectivity index (χ0n) is 11.0. The molecule has 0 fully saturated rings. The first-order valence-electron chi connectivity index (χ1n) is 6.05. The van der Waals surface area contributed by atoms with Crippen LogP contribution in [0.2, 0.25) is 0 Å². The van der Waals surface area contributed by atoms with E-state index in [0.29, 0.717) is 5.92 Å². The van der Waals surface area contributed by atoms with Crippen LogP contribution in [0.4, 0.5) is 5.82 Å². The fraction of sp³-hybridized carbons (Fsp3) is 0.500. The van der Waals surface area contributed by atoms with Crippen LogP contribution in [0.15, 0.2) is 18.7 Å². The SMILES string of the molecule is CC(C)c1cc(NCCc2nncn2C)ncn1. The van der Waals surface area contributed by atoms with Crippen molar-refractivity contribution in [2.24, 2.45) is 7.05 Å². The van der Waals surface area contributed by atoms with Gasteiger partial charge < -0.3 is 9.88 Å². The van der Waals surface area contributed by atoms with E-state index in [1.807, 2.05) is 17.7 Å². The van der Waals surface area contributed by atoms with E-state index in [9.17, 15) is 0 Å². The molecular formula is C12H18N6. The smallest absolute Gasteiger partial charge is 0.134 e. The molecule has 0 amide bonds. The van der Waals surface area contributed by atoms with Crippen LogP contribution in [0.5, 0.6) is 0 Å². The Hall–Kier alpha value is -1.98. The molecule has 96 valence electrons. The van der Waals surface area contributed by atoms with Gasteiger partial charge in [0.25, 0.3) is 0 Å². The van der Waals surface area contributed by atoms with Crippen molar-refractivity contribution in [2.45, 2.75) is 26.2 Å². The number of anilines is 1. The van der Waals surface area contributed by atoms with Crippen LogP contribution in [0.1, 0.15) is 31.3 Å². The number of nitrogens with zero attached hydrogens (tertiary/aromatic N) is 5. The van der Waals surface area contributed by atoms with E-state index in [1.54, 1.807) is 12.7 Å². The topological polar surface area (TPSA) is 68.5 Å². The van der Waals surface area contributed by atoms with E-state index in [4.69, 9.17) is 0 Å². The van der Waals surface area contributed by atoms with Gasteiger partial charge >= 0.3 is 0 Å². The normalized spacial score (nSPS) is 10.9. The first kappa shape index (κ1) is 12.5. The number of nitrogens with one attached hydrogen (secondary N) is 1. The fourth-order valence-corrected chi connectivity index (χ4v) is 1.62. The van der Waals surface area contributed by atoms with Crippen LogP contribution in [-0.4, -0.2) is 31.3 Å². The maximum atomic E-state index is 4.23. The zero-order valence-corrected chi connectivity index (χ0v) is 11.0. The quantitative estimate of drug-likeness (QED) is 0.863. The Bertz CT molecular complexity index is 505. The molecule has 0 bridgehead atoms. The molecule has 2 aromatic heterocycles. The van der Waals surface area contributed by atoms with Crippen LogP contribution in [0.25, 0.3) is 0 Å². The van der Waals surface area contributed by atoms with Gasteiger partial charge in [0.05, 0.1) is 0 Å². The molecule has 2 rings (SSSR count). The van der Waals surface area contributed by atoms with Crippen molar-refractivity contribution >= 4 is 5.82 Å². The lowest BCUT2D eigenvalue weighted by molar-refractivity contribution is 0.784. The average molecular weight is 246 g/mol. The fourth-order valence-electron chi connectivity index (χ4n) is 1.62. The Labute approximate surface area is 106 Å². The molecule has 6 heteroatoms. The van der Waals surface area contributed by atoms with Gasteiger partial charge in [-0.15, -0.1) is 10.2 Å². The Morgan fingerprint density at radius 2 is 2.17 bits per heavy atom. The molecule has 0 aromatic carbocycles. The second-order valence-electron chi connectivity index (χ2n) is 4.52. The highest BCUT2D eigenvalue weighted by atomic mass is 15.2. The highest BCUT2D eigenvalue weighted by molar-refractivity contribution is 5.35. The first-order chi connectivity index (χ1) is 8.66. The minimum Gasteiger partial charge on any atom is -0.370 e. The lowest BCUT2D eigenvalue weighted by Gasteiger charge is -2.08. The van der Waals surface area contributed by atoms with Gasteiger partial charge in [-0.25, -0.2) is 9.97 Å². The molecule has 0 aliphatic carbocycles. The molecule has 0 saturated heterocycles. The van der Waals surface area contributed by atoms with Crippen LogP contribution in [0.3, 0.4) is 0 Å². The van der Waals surface area contributed by atoms with E-state index in [1.165, 1.54) is 0 Å². The summed E-state index contributed by atoms with van der Waals surface area (Å²) in [5.41, 5.74) is 1.05. The number of rotatable bonds is 5. The monoisotopic (exact) mass is 246 g/mol. The van der Waals surface area contributed by atoms with Gasteiger partial charge in [0.1, 0.15) is 24.3 Å². The maximum absolute atomic E-state index is 4.23. The van der Waals surface area contributed by atoms with E-state index >= 15 is 0 Å². The van der Waals surface area contributed by atoms with Crippen LogP contribution in [-0.2, 0) is 13.5 Å². The van der Waals surface area contributed by atoms with Gasteiger partial charge in [0.2, 0.25) is 0 Å². The third kappa shape index (κ3) is 3.03. The summed E-state index contributed by atoms with van der Waals surface area (Å²) >= 11 is 0. The molecule has 0 saturated carbocycles. The molecule has 1 N–H and O–H groups in total. The van der Waals surface area contributed by atoms with Crippen molar-refractivity contribution in [1.29, 1.82) is 0 Å². The van der Waals surface area contributed by atoms with E-state index < -0.39 is 0 Å². The summed E-state index contributed by atoms with van der Waals surface area (Å²) in [6, 6.07) is 1.99. The Kier molecular flexibility index (Phi) is 3.86. The van der Waals surface area contributed by atoms with Crippen molar-refractivity contribution in [3.05, 3.63) is 30.2 Å². The van der Waals surface area contributed by atoms with Crippen molar-refractivity contribution in [2.75, 3.05) is 11.9 Å². The predicted octanol–water partition coefficient (Wildman–Crippen LogP) is 1.38. The van der Waals surface area contributed by atoms with Crippen molar-refractivity contribution in [3.8, 4) is 0 Å². The molecular weight excluding hydrogens is 228 g/mol. The predicted molar refractivity (Wildman–Crippen MR) is 69.3 cm³/mol. The highest BCUT2D eigenvalue weighted by Crippen LogP contribution is 2.13. The highest BCUT2D eigenvalue weighted by Gasteiger charge is 2.04. The molecule has 2 aromatic rings. The van der Waals surface area contributed by atoms with E-state index in [2.05, 4.69) is 39.3 Å². The molecule has 0 aliphatic heterocycles. The van der Waals surface area contributed by atoms with Crippen molar-refractivity contribution in [3.63, 3.8) is 0 Å². The zero-order chi connectivity index (χ0) is 13.0. The molecule has 18 heavy (non-hydrogen) atoms. The minimum absolute atomic E-state index is 0.410. The third-order valence-corrected chi connectivity index (χ3v) is 2.74. The Morgan fingerprint density at radius 1 is 1.33 bits per heavy atom. The van der Waals surface area contributed by atoms with Gasteiger partial charge in [-0.1, -0.05) is 13.8 Å². The molecule has 0 atom stereocenters. The Balaban J connectivity index is 1.90. The summed E-state index contributed by atoms with van der Waals surface area (Å²) in [4.78, 5) is 8.43. The lowest BCUT2D eigenvalue weighted by Crippen LogP contribution is -2.10. The maximum Gasteiger partial charge on any atom is 0.134 e. The average Bonchev–Trinajstić information content (AvgIpc) is 2.76. The number of aromatic nitrogens is 5. The molecule has 2 heterocycles. The second kappa shape index (κ2) is 5.57. The molecule has 0 radical (unpaired) electrons. The molecule has 0 unspecified atom stereocenters. The summed E-state index contributed by atoms with van der Waals surface area (Å²) < 4.78 is 1.92. The molecule has 0 aliphatic rings. The molecule has 6 nitrogen and oxygen atoms in total. The van der Waals surface area contributed by atoms with Crippen LogP contribution < -0.4 is 5.32 Å². The van der Waals surface area contributed by atoms with Gasteiger partial charge in [0, 0.05) is 31.8 Å². The molecule has 0 spiro atoms. The van der Waals surface area contributed by atoms with E-state index in [0.717, 1.165) is 30.3 Å². The summed E-state index contributed by atoms with van der Waals surface area (Å²) in [7, 11) is 1.94. The van der Waals surface area contributed by atoms with Gasteiger partial charge in [-0.2, -0.15) is 0 Å². The van der Waals surface area contributed by atoms with E-state index in [-0.39, 0.29) is 0 Å². The van der Waals surface area contributed by atoms with Gasteiger partial charge in [0.15, 0.2) is 0 Å². The second-order valence-corrected chi connectivity index (χ2v) is 4.52. The largest absolute Gasteiger partial charge is 0.370 e. The van der Waals surface area contributed by atoms with Crippen LogP contribution in [0, 0.1) is 0 Å². The summed E-state index contributed by atoms with van der Waals surface area (Å²) in [6.07, 6.45) is 4.12. The number of aryl methyl sites for hydroxylation is 1. The number of hydrogen-bond donors (Lipinski definition) is 1. The van der Waals surface area contributed by atoms with Crippen molar-refractivity contribution in [1.82, 2.24) is 24.7 Å². The summed E-state index contributed by atoms with van der Waals surface area (Å²) in [5, 5.41) is 11.2. The first-order valence-corrected chi connectivity index (χ1v) is 6.05. The van der Waals surface area contributed by atoms with Crippen LogP contribution >= 0.6 is 0 Å². The third-order valence-electron chi connectivity index (χ3n) is 2.74. The Morgan fingerprint density at radius 3 is 2.83 bits per heavy atom.